The molecule has 0 saturated carbocycles. The van der Waals surface area contributed by atoms with Gasteiger partial charge in [-0.1, -0.05) is 0 Å². The number of amides is 1. The third kappa shape index (κ3) is 3.89. The molecular formula is C17H24N4OS. The molecule has 2 aromatic heterocycles. The predicted molar refractivity (Wildman–Crippen MR) is 96.2 cm³/mol. The van der Waals surface area contributed by atoms with Crippen molar-refractivity contribution in [2.75, 3.05) is 26.0 Å². The van der Waals surface area contributed by atoms with Crippen molar-refractivity contribution in [3.63, 3.8) is 0 Å². The molecule has 0 bridgehead atoms. The van der Waals surface area contributed by atoms with Gasteiger partial charge in [-0.05, 0) is 63.5 Å². The number of likely N-dealkylation sites (N-methyl/N-ethyl adjacent to an activating group) is 1. The van der Waals surface area contributed by atoms with Gasteiger partial charge in [-0.3, -0.25) is 4.79 Å². The Labute approximate surface area is 141 Å². The van der Waals surface area contributed by atoms with E-state index >= 15 is 0 Å². The zero-order valence-corrected chi connectivity index (χ0v) is 15.1. The van der Waals surface area contributed by atoms with E-state index in [1.165, 1.54) is 10.4 Å². The molecular weight excluding hydrogens is 308 g/mol. The molecule has 1 unspecified atom stereocenters. The van der Waals surface area contributed by atoms with E-state index < -0.39 is 5.91 Å². The number of aryl methyl sites for hydroxylation is 3. The van der Waals surface area contributed by atoms with E-state index in [1.807, 2.05) is 27.9 Å². The average Bonchev–Trinajstić information content (AvgIpc) is 2.88. The van der Waals surface area contributed by atoms with Gasteiger partial charge in [-0.2, -0.15) is 0 Å². The van der Waals surface area contributed by atoms with Crippen LogP contribution in [0, 0.1) is 20.8 Å². The number of nitrogens with one attached hydrogen (secondary N) is 1. The second kappa shape index (κ2) is 7.10. The third-order valence-electron chi connectivity index (χ3n) is 4.02. The number of thiophene rings is 1. The van der Waals surface area contributed by atoms with Crippen molar-refractivity contribution in [1.29, 1.82) is 0 Å². The van der Waals surface area contributed by atoms with Crippen LogP contribution in [0.3, 0.4) is 0 Å². The summed E-state index contributed by atoms with van der Waals surface area (Å²) in [5, 5.41) is 5.41. The van der Waals surface area contributed by atoms with Crippen LogP contribution in [-0.2, 0) is 0 Å². The number of nitrogens with zero attached hydrogens (tertiary/aromatic N) is 2. The highest BCUT2D eigenvalue weighted by atomic mass is 32.1. The van der Waals surface area contributed by atoms with Gasteiger partial charge in [-0.15, -0.1) is 11.3 Å². The van der Waals surface area contributed by atoms with Gasteiger partial charge in [0.25, 0.3) is 5.91 Å². The molecule has 0 aromatic carbocycles. The minimum absolute atomic E-state index is 0.208. The van der Waals surface area contributed by atoms with E-state index in [0.717, 1.165) is 11.3 Å². The summed E-state index contributed by atoms with van der Waals surface area (Å²) in [5.41, 5.74) is 9.06. The highest BCUT2D eigenvalue weighted by molar-refractivity contribution is 7.10. The molecule has 23 heavy (non-hydrogen) atoms. The Balaban J connectivity index is 2.26. The summed E-state index contributed by atoms with van der Waals surface area (Å²) in [6, 6.07) is 4.13. The molecule has 2 rings (SSSR count). The maximum atomic E-state index is 11.7. The first kappa shape index (κ1) is 17.4. The van der Waals surface area contributed by atoms with E-state index in [0.29, 0.717) is 17.9 Å². The number of nitrogens with two attached hydrogens (primary N) is 1. The minimum atomic E-state index is -0.461. The second-order valence-corrected chi connectivity index (χ2v) is 6.93. The van der Waals surface area contributed by atoms with Crippen molar-refractivity contribution in [1.82, 2.24) is 9.88 Å². The predicted octanol–water partition coefficient (Wildman–Crippen LogP) is 2.88. The number of aromatic nitrogens is 1. The second-order valence-electron chi connectivity index (χ2n) is 5.98. The maximum Gasteiger partial charge on any atom is 0.252 e. The first-order valence-electron chi connectivity index (χ1n) is 7.53. The number of pyridine rings is 1. The highest BCUT2D eigenvalue weighted by Crippen LogP contribution is 2.28. The van der Waals surface area contributed by atoms with Crippen molar-refractivity contribution in [3.05, 3.63) is 44.8 Å². The van der Waals surface area contributed by atoms with Gasteiger partial charge in [-0.25, -0.2) is 4.98 Å². The molecule has 124 valence electrons. The van der Waals surface area contributed by atoms with Crippen LogP contribution in [0.15, 0.2) is 17.5 Å². The first-order chi connectivity index (χ1) is 10.8. The van der Waals surface area contributed by atoms with E-state index in [1.54, 1.807) is 17.4 Å². The van der Waals surface area contributed by atoms with Crippen LogP contribution >= 0.6 is 11.3 Å². The lowest BCUT2D eigenvalue weighted by Crippen LogP contribution is -2.28. The van der Waals surface area contributed by atoms with E-state index in [-0.39, 0.29) is 6.04 Å². The highest BCUT2D eigenvalue weighted by Gasteiger charge is 2.19. The number of carbonyl (C=O) groups excluding carboxylic acids is 1. The molecule has 2 heterocycles. The van der Waals surface area contributed by atoms with Crippen LogP contribution in [0.4, 0.5) is 5.82 Å². The molecule has 5 nitrogen and oxygen atoms in total. The summed E-state index contributed by atoms with van der Waals surface area (Å²) < 4.78 is 0. The fraction of sp³-hybridized carbons (Fsp3) is 0.412. The summed E-state index contributed by atoms with van der Waals surface area (Å²) >= 11 is 1.74. The van der Waals surface area contributed by atoms with Gasteiger partial charge in [0.1, 0.15) is 5.82 Å². The number of rotatable bonds is 6. The lowest BCUT2D eigenvalue weighted by Gasteiger charge is -2.25. The van der Waals surface area contributed by atoms with Gasteiger partial charge in [0.05, 0.1) is 11.6 Å². The molecule has 1 amide bonds. The van der Waals surface area contributed by atoms with Crippen LogP contribution in [0.2, 0.25) is 0 Å². The maximum absolute atomic E-state index is 11.7. The van der Waals surface area contributed by atoms with Crippen molar-refractivity contribution >= 4 is 23.1 Å². The first-order valence-corrected chi connectivity index (χ1v) is 8.41. The van der Waals surface area contributed by atoms with Crippen LogP contribution in [0.5, 0.6) is 0 Å². The SMILES string of the molecule is Cc1cc(C(N)=O)c(NCC(c2sccc2C)N(C)C)nc1C. The number of anilines is 1. The van der Waals surface area contributed by atoms with Crippen LogP contribution in [0.25, 0.3) is 0 Å². The van der Waals surface area contributed by atoms with Gasteiger partial charge >= 0.3 is 0 Å². The van der Waals surface area contributed by atoms with E-state index in [4.69, 9.17) is 5.73 Å². The van der Waals surface area contributed by atoms with Crippen molar-refractivity contribution in [3.8, 4) is 0 Å². The normalized spacial score (nSPS) is 12.4. The molecule has 2 aromatic rings. The smallest absolute Gasteiger partial charge is 0.252 e. The number of hydrogen-bond donors (Lipinski definition) is 2. The Bertz CT molecular complexity index is 709. The quantitative estimate of drug-likeness (QED) is 0.853. The zero-order valence-electron chi connectivity index (χ0n) is 14.3. The van der Waals surface area contributed by atoms with Crippen molar-refractivity contribution < 1.29 is 4.79 Å². The number of primary amides is 1. The van der Waals surface area contributed by atoms with Crippen LogP contribution in [-0.4, -0.2) is 36.4 Å². The molecule has 0 spiro atoms. The Morgan fingerprint density at radius 1 is 1.35 bits per heavy atom. The van der Waals surface area contributed by atoms with Crippen molar-refractivity contribution in [2.24, 2.45) is 5.73 Å². The van der Waals surface area contributed by atoms with Gasteiger partial charge < -0.3 is 16.0 Å². The summed E-state index contributed by atoms with van der Waals surface area (Å²) in [4.78, 5) is 19.7. The molecule has 0 saturated heterocycles. The lowest BCUT2D eigenvalue weighted by atomic mass is 10.1. The molecule has 6 heteroatoms. The Morgan fingerprint density at radius 2 is 2.04 bits per heavy atom. The fourth-order valence-corrected chi connectivity index (χ4v) is 3.58. The van der Waals surface area contributed by atoms with Gasteiger partial charge in [0.2, 0.25) is 0 Å². The molecule has 0 aliphatic heterocycles. The van der Waals surface area contributed by atoms with Gasteiger partial charge in [0, 0.05) is 17.1 Å². The molecule has 1 atom stereocenters. The lowest BCUT2D eigenvalue weighted by molar-refractivity contribution is 0.100. The Hall–Kier alpha value is -1.92. The fourth-order valence-electron chi connectivity index (χ4n) is 2.46. The van der Waals surface area contributed by atoms with Crippen molar-refractivity contribution in [2.45, 2.75) is 26.8 Å². The summed E-state index contributed by atoms with van der Waals surface area (Å²) in [6.45, 7) is 6.63. The third-order valence-corrected chi connectivity index (χ3v) is 5.14. The monoisotopic (exact) mass is 332 g/mol. The van der Waals surface area contributed by atoms with E-state index in [2.05, 4.69) is 33.6 Å². The topological polar surface area (TPSA) is 71.2 Å². The van der Waals surface area contributed by atoms with Gasteiger partial charge in [0.15, 0.2) is 0 Å². The average molecular weight is 332 g/mol. The molecule has 0 aliphatic carbocycles. The Kier molecular flexibility index (Phi) is 5.38. The Morgan fingerprint density at radius 3 is 2.57 bits per heavy atom. The zero-order chi connectivity index (χ0) is 17.1. The molecule has 3 N–H and O–H groups in total. The standard InChI is InChI=1S/C17H24N4OS/c1-10-6-7-23-15(10)14(21(4)5)9-19-17-13(16(18)22)8-11(2)12(3)20-17/h6-8,14H,9H2,1-5H3,(H2,18,22)(H,19,20). The molecule has 0 aliphatic rings. The summed E-state index contributed by atoms with van der Waals surface area (Å²) in [5.74, 6) is 0.0958. The van der Waals surface area contributed by atoms with E-state index in [9.17, 15) is 4.79 Å². The number of carbonyl (C=O) groups is 1. The minimum Gasteiger partial charge on any atom is -0.367 e. The molecule has 0 radical (unpaired) electrons. The number of hydrogen-bond acceptors (Lipinski definition) is 5. The summed E-state index contributed by atoms with van der Waals surface area (Å²) in [6.07, 6.45) is 0. The van der Waals surface area contributed by atoms with Crippen LogP contribution in [0.1, 0.15) is 38.1 Å². The van der Waals surface area contributed by atoms with Crippen LogP contribution < -0.4 is 11.1 Å². The molecule has 0 fully saturated rings. The summed E-state index contributed by atoms with van der Waals surface area (Å²) in [7, 11) is 4.10. The largest absolute Gasteiger partial charge is 0.367 e.